The highest BCUT2D eigenvalue weighted by Gasteiger charge is 2.31. The van der Waals surface area contributed by atoms with Gasteiger partial charge in [0.2, 0.25) is 0 Å². The molecule has 0 aliphatic rings. The predicted octanol–water partition coefficient (Wildman–Crippen LogP) is 17.5. The largest absolute Gasteiger partial charge is 0.507 e. The molecule has 388 valence electrons. The maximum Gasteiger partial charge on any atom is 0.129 e. The number of para-hydroxylation sites is 2. The smallest absolute Gasteiger partial charge is 0.129 e. The van der Waals surface area contributed by atoms with E-state index in [1.54, 1.807) is 24.3 Å². The van der Waals surface area contributed by atoms with E-state index in [1.807, 2.05) is 24.3 Å². The summed E-state index contributed by atoms with van der Waals surface area (Å²) in [6.45, 7) is 46.2. The molecule has 6 aromatic carbocycles. The molecule has 0 aliphatic carbocycles. The molecule has 0 unspecified atom stereocenters. The molecule has 5 N–H and O–H groups in total. The Hall–Kier alpha value is -5.33. The van der Waals surface area contributed by atoms with Crippen LogP contribution in [0.3, 0.4) is 0 Å². The van der Waals surface area contributed by atoms with Crippen LogP contribution in [0.5, 0.6) is 28.7 Å². The van der Waals surface area contributed by atoms with Crippen molar-refractivity contribution in [2.45, 2.75) is 207 Å². The quantitative estimate of drug-likeness (QED) is 0.104. The van der Waals surface area contributed by atoms with E-state index >= 15 is 0 Å². The van der Waals surface area contributed by atoms with Gasteiger partial charge >= 0.3 is 0 Å². The molecule has 0 amide bonds. The van der Waals surface area contributed by atoms with Gasteiger partial charge in [-0.05, 0) is 180 Å². The van der Waals surface area contributed by atoms with Gasteiger partial charge in [0.05, 0.1) is 9.79 Å². The fourth-order valence-corrected chi connectivity index (χ4v) is 10.7. The van der Waals surface area contributed by atoms with Crippen LogP contribution in [0.25, 0.3) is 0 Å². The van der Waals surface area contributed by atoms with E-state index in [2.05, 4.69) is 182 Å². The van der Waals surface area contributed by atoms with Crippen molar-refractivity contribution >= 4 is 11.8 Å². The SMILES string of the molecule is Cc1c(Cc2cc(C(C)(C)C)c(O)c(C(C)(C)C)c2)c(C)c(Cc2cc(C(C)(C)C)c(O)c(C(C)(C)C)c2)c(C)c1Cc1cc(C(C)(C)C)c(O)c(C(C)(C)C)c1.Oc1ccccc1Sc1ccccc1O. The highest BCUT2D eigenvalue weighted by molar-refractivity contribution is 7.99. The molecule has 5 nitrogen and oxygen atoms in total. The second-order valence-corrected chi connectivity index (χ2v) is 27.6. The molecule has 0 heterocycles. The highest BCUT2D eigenvalue weighted by Crippen LogP contribution is 2.45. The summed E-state index contributed by atoms with van der Waals surface area (Å²) in [4.78, 5) is 1.47. The first-order chi connectivity index (χ1) is 32.8. The van der Waals surface area contributed by atoms with E-state index in [4.69, 9.17) is 0 Å². The van der Waals surface area contributed by atoms with Crippen LogP contribution in [0.15, 0.2) is 94.7 Å². The maximum atomic E-state index is 11.6. The lowest BCUT2D eigenvalue weighted by atomic mass is 9.75. The second-order valence-electron chi connectivity index (χ2n) is 26.5. The molecule has 0 radical (unpaired) electrons. The molecule has 0 aliphatic heterocycles. The highest BCUT2D eigenvalue weighted by atomic mass is 32.2. The van der Waals surface area contributed by atoms with Gasteiger partial charge in [0, 0.05) is 0 Å². The van der Waals surface area contributed by atoms with Gasteiger partial charge in [0.15, 0.2) is 0 Å². The Balaban J connectivity index is 0.000000542. The molecule has 6 heteroatoms. The Morgan fingerprint density at radius 2 is 0.514 bits per heavy atom. The zero-order chi connectivity index (χ0) is 54.4. The molecule has 6 aromatic rings. The Morgan fingerprint density at radius 1 is 0.319 bits per heavy atom. The van der Waals surface area contributed by atoms with Gasteiger partial charge in [0.25, 0.3) is 0 Å². The summed E-state index contributed by atoms with van der Waals surface area (Å²) in [5.74, 6) is 1.68. The van der Waals surface area contributed by atoms with E-state index in [0.717, 1.165) is 62.4 Å². The number of phenolic OH excluding ortho intramolecular Hbond substituents is 5. The van der Waals surface area contributed by atoms with Gasteiger partial charge in [-0.1, -0.05) is 197 Å². The fraction of sp³-hybridized carbons (Fsp3) is 0.455. The van der Waals surface area contributed by atoms with Gasteiger partial charge < -0.3 is 25.5 Å². The topological polar surface area (TPSA) is 101 Å². The van der Waals surface area contributed by atoms with Gasteiger partial charge in [-0.15, -0.1) is 0 Å². The van der Waals surface area contributed by atoms with E-state index in [0.29, 0.717) is 17.2 Å². The molecule has 0 aromatic heterocycles. The summed E-state index contributed by atoms with van der Waals surface area (Å²) in [6.07, 6.45) is 2.24. The minimum Gasteiger partial charge on any atom is -0.507 e. The normalized spacial score (nSPS) is 12.7. The van der Waals surface area contributed by atoms with Crippen molar-refractivity contribution in [2.75, 3.05) is 0 Å². The van der Waals surface area contributed by atoms with Crippen LogP contribution in [0.2, 0.25) is 0 Å². The molecule has 0 atom stereocenters. The molecule has 0 saturated heterocycles. The molecule has 0 saturated carbocycles. The third-order valence-corrected chi connectivity index (χ3v) is 15.3. The van der Waals surface area contributed by atoms with Crippen LogP contribution in [-0.2, 0) is 51.8 Å². The molecular weight excluding hydrogens is 905 g/mol. The third-order valence-electron chi connectivity index (χ3n) is 14.2. The van der Waals surface area contributed by atoms with Crippen molar-refractivity contribution in [1.29, 1.82) is 0 Å². The van der Waals surface area contributed by atoms with Crippen molar-refractivity contribution in [3.8, 4) is 28.7 Å². The van der Waals surface area contributed by atoms with Crippen molar-refractivity contribution < 1.29 is 25.5 Å². The lowest BCUT2D eigenvalue weighted by Gasteiger charge is -2.30. The Morgan fingerprint density at radius 3 is 0.694 bits per heavy atom. The van der Waals surface area contributed by atoms with Crippen LogP contribution in [0.4, 0.5) is 0 Å². The molecule has 0 spiro atoms. The van der Waals surface area contributed by atoms with Crippen LogP contribution in [0, 0.1) is 20.8 Å². The van der Waals surface area contributed by atoms with Crippen molar-refractivity contribution in [2.24, 2.45) is 0 Å². The summed E-state index contributed by atoms with van der Waals surface area (Å²) >= 11 is 1.34. The summed E-state index contributed by atoms with van der Waals surface area (Å²) < 4.78 is 0. The molecule has 72 heavy (non-hydrogen) atoms. The van der Waals surface area contributed by atoms with Gasteiger partial charge in [-0.25, -0.2) is 0 Å². The van der Waals surface area contributed by atoms with E-state index < -0.39 is 0 Å². The number of benzene rings is 6. The fourth-order valence-electron chi connectivity index (χ4n) is 9.82. The summed E-state index contributed by atoms with van der Waals surface area (Å²) in [5, 5.41) is 54.0. The van der Waals surface area contributed by atoms with E-state index in [1.165, 1.54) is 61.8 Å². The minimum absolute atomic E-state index is 0.226. The van der Waals surface area contributed by atoms with Crippen LogP contribution in [-0.4, -0.2) is 25.5 Å². The lowest BCUT2D eigenvalue weighted by molar-refractivity contribution is 0.422. The molecule has 0 fully saturated rings. The Labute approximate surface area is 439 Å². The van der Waals surface area contributed by atoms with Crippen LogP contribution < -0.4 is 0 Å². The Kier molecular flexibility index (Phi) is 16.7. The Bertz CT molecular complexity index is 2510. The van der Waals surface area contributed by atoms with E-state index in [-0.39, 0.29) is 44.0 Å². The molecule has 6 rings (SSSR count). The van der Waals surface area contributed by atoms with E-state index in [9.17, 15) is 25.5 Å². The zero-order valence-electron chi connectivity index (χ0n) is 47.8. The van der Waals surface area contributed by atoms with Crippen molar-refractivity contribution in [3.63, 3.8) is 0 Å². The number of aromatic hydroxyl groups is 5. The number of phenols is 5. The predicted molar refractivity (Wildman–Crippen MR) is 306 cm³/mol. The minimum atomic E-state index is -0.226. The van der Waals surface area contributed by atoms with Gasteiger partial charge in [0.1, 0.15) is 28.7 Å². The van der Waals surface area contributed by atoms with Gasteiger partial charge in [-0.3, -0.25) is 0 Å². The van der Waals surface area contributed by atoms with Crippen LogP contribution >= 0.6 is 11.8 Å². The monoisotopic (exact) mass is 993 g/mol. The molecule has 0 bridgehead atoms. The number of rotatable bonds is 8. The zero-order valence-corrected chi connectivity index (χ0v) is 48.7. The van der Waals surface area contributed by atoms with Gasteiger partial charge in [-0.2, -0.15) is 0 Å². The third kappa shape index (κ3) is 13.2. The second kappa shape index (κ2) is 20.9. The summed E-state index contributed by atoms with van der Waals surface area (Å²) in [7, 11) is 0. The number of hydrogen-bond donors (Lipinski definition) is 5. The maximum absolute atomic E-state index is 11.6. The standard InChI is InChI=1S/C54H78O3.C12H10O2S/c1-31-37(22-34-25-40(49(4,5)6)46(55)41(26-34)50(7,8)9)32(2)39(24-36-29-44(53(16,17)18)48(57)45(30-36)54(19,20)21)33(3)38(31)23-35-27-42(51(10,11)12)47(56)43(28-35)52(13,14)15;13-9-5-1-3-7-11(9)15-12-8-4-2-6-10(12)14/h25-30,55-57H,22-24H2,1-21H3;1-8,13-14H. The first-order valence-electron chi connectivity index (χ1n) is 25.8. The first-order valence-corrected chi connectivity index (χ1v) is 26.6. The average Bonchev–Trinajstić information content (AvgIpc) is 3.23. The lowest BCUT2D eigenvalue weighted by Crippen LogP contribution is -2.19. The summed E-state index contributed by atoms with van der Waals surface area (Å²) in [5.41, 5.74) is 16.0. The number of hydrogen-bond acceptors (Lipinski definition) is 6. The average molecular weight is 993 g/mol. The van der Waals surface area contributed by atoms with Crippen molar-refractivity contribution in [1.82, 2.24) is 0 Å². The van der Waals surface area contributed by atoms with Crippen LogP contribution in [0.1, 0.15) is 208 Å². The molecular formula is C66H88O5S. The first kappa shape index (κ1) is 57.6. The van der Waals surface area contributed by atoms with Crippen molar-refractivity contribution in [3.05, 3.63) is 168 Å². The summed E-state index contributed by atoms with van der Waals surface area (Å²) in [6, 6.07) is 27.5.